The average Bonchev–Trinajstić information content (AvgIpc) is 2.64. The van der Waals surface area contributed by atoms with Crippen molar-refractivity contribution in [2.45, 2.75) is 58.0 Å². The topological polar surface area (TPSA) is 49.3 Å². The molecular formula is C21H31NO2. The molecule has 1 aromatic rings. The van der Waals surface area contributed by atoms with Crippen LogP contribution in [0.5, 0.6) is 0 Å². The van der Waals surface area contributed by atoms with Gasteiger partial charge in [0.05, 0.1) is 6.10 Å². The lowest BCUT2D eigenvalue weighted by molar-refractivity contribution is -0.121. The number of hydrogen-bond donors (Lipinski definition) is 2. The maximum absolute atomic E-state index is 11.9. The van der Waals surface area contributed by atoms with Crippen molar-refractivity contribution in [1.82, 2.24) is 5.32 Å². The van der Waals surface area contributed by atoms with Gasteiger partial charge in [-0.05, 0) is 30.7 Å². The zero-order chi connectivity index (χ0) is 17.2. The number of aliphatic hydroxyl groups excluding tert-OH is 1. The fourth-order valence-electron chi connectivity index (χ4n) is 3.28. The van der Waals surface area contributed by atoms with E-state index >= 15 is 0 Å². The van der Waals surface area contributed by atoms with Crippen LogP contribution in [0.15, 0.2) is 42.5 Å². The van der Waals surface area contributed by atoms with Gasteiger partial charge in [0.2, 0.25) is 5.91 Å². The van der Waals surface area contributed by atoms with Crippen molar-refractivity contribution in [3.63, 3.8) is 0 Å². The van der Waals surface area contributed by atoms with Crippen molar-refractivity contribution >= 4 is 5.91 Å². The fraction of sp³-hybridized carbons (Fsp3) is 0.571. The molecule has 2 rings (SSSR count). The van der Waals surface area contributed by atoms with Gasteiger partial charge in [0, 0.05) is 18.9 Å². The van der Waals surface area contributed by atoms with Crippen LogP contribution in [0.3, 0.4) is 0 Å². The first-order valence-electron chi connectivity index (χ1n) is 9.33. The number of allylic oxidation sites excluding steroid dienone is 2. The van der Waals surface area contributed by atoms with Crippen molar-refractivity contribution in [3.05, 3.63) is 48.0 Å². The fourth-order valence-corrected chi connectivity index (χ4v) is 3.28. The van der Waals surface area contributed by atoms with Crippen molar-refractivity contribution in [3.8, 4) is 0 Å². The first kappa shape index (κ1) is 18.7. The minimum Gasteiger partial charge on any atom is -0.388 e. The molecule has 1 amide bonds. The maximum atomic E-state index is 11.9. The van der Waals surface area contributed by atoms with Gasteiger partial charge < -0.3 is 10.4 Å². The van der Waals surface area contributed by atoms with Gasteiger partial charge in [0.15, 0.2) is 0 Å². The quantitative estimate of drug-likeness (QED) is 0.695. The summed E-state index contributed by atoms with van der Waals surface area (Å²) in [5, 5.41) is 13.2. The van der Waals surface area contributed by atoms with Gasteiger partial charge in [-0.25, -0.2) is 0 Å². The van der Waals surface area contributed by atoms with E-state index in [1.807, 2.05) is 37.3 Å². The monoisotopic (exact) mass is 329 g/mol. The number of nitrogens with one attached hydrogen (secondary N) is 1. The van der Waals surface area contributed by atoms with E-state index in [0.717, 1.165) is 17.9 Å². The Hall–Kier alpha value is -1.61. The van der Waals surface area contributed by atoms with Gasteiger partial charge in [-0.15, -0.1) is 0 Å². The summed E-state index contributed by atoms with van der Waals surface area (Å²) in [5.74, 6) is 0.785. The number of carbonyl (C=O) groups excluding carboxylic acids is 1. The second-order valence-corrected chi connectivity index (χ2v) is 7.00. The molecule has 0 heterocycles. The zero-order valence-corrected chi connectivity index (χ0v) is 14.8. The minimum absolute atomic E-state index is 0.00543. The van der Waals surface area contributed by atoms with Crippen molar-refractivity contribution < 1.29 is 9.90 Å². The van der Waals surface area contributed by atoms with E-state index in [-0.39, 0.29) is 11.8 Å². The summed E-state index contributed by atoms with van der Waals surface area (Å²) in [4.78, 5) is 11.9. The molecule has 2 atom stereocenters. The average molecular weight is 329 g/mol. The standard InChI is InChI=1S/C21H31NO2/c1-17(21(24)19-13-6-3-7-14-19)16-22-20(23)15-9-8-12-18-10-4-2-5-11-18/h3,6-8,12-14,17-18,21,24H,2,4-5,9-11,15-16H2,1H3,(H,22,23)/t17-,21-/m1/s1. The highest BCUT2D eigenvalue weighted by atomic mass is 16.3. The number of aliphatic hydroxyl groups is 1. The normalized spacial score (nSPS) is 18.4. The van der Waals surface area contributed by atoms with Crippen LogP contribution in [0, 0.1) is 11.8 Å². The van der Waals surface area contributed by atoms with Gasteiger partial charge in [-0.2, -0.15) is 0 Å². The Morgan fingerprint density at radius 1 is 1.25 bits per heavy atom. The van der Waals surface area contributed by atoms with Gasteiger partial charge in [0.1, 0.15) is 0 Å². The molecule has 1 saturated carbocycles. The predicted molar refractivity (Wildman–Crippen MR) is 98.5 cm³/mol. The highest BCUT2D eigenvalue weighted by Gasteiger charge is 2.16. The first-order chi connectivity index (χ1) is 11.7. The van der Waals surface area contributed by atoms with Gasteiger partial charge in [-0.3, -0.25) is 4.79 Å². The largest absolute Gasteiger partial charge is 0.388 e. The Morgan fingerprint density at radius 2 is 1.96 bits per heavy atom. The lowest BCUT2D eigenvalue weighted by Crippen LogP contribution is -2.30. The van der Waals surface area contributed by atoms with Gasteiger partial charge in [0.25, 0.3) is 0 Å². The molecule has 0 bridgehead atoms. The van der Waals surface area contributed by atoms with E-state index in [0.29, 0.717) is 13.0 Å². The number of benzene rings is 1. The zero-order valence-electron chi connectivity index (χ0n) is 14.8. The second-order valence-electron chi connectivity index (χ2n) is 7.00. The first-order valence-corrected chi connectivity index (χ1v) is 9.33. The van der Waals surface area contributed by atoms with Crippen LogP contribution >= 0.6 is 0 Å². The molecular weight excluding hydrogens is 298 g/mol. The Kier molecular flexibility index (Phi) is 8.03. The van der Waals surface area contributed by atoms with Crippen LogP contribution in [0.2, 0.25) is 0 Å². The van der Waals surface area contributed by atoms with Crippen LogP contribution in [0.4, 0.5) is 0 Å². The molecule has 2 N–H and O–H groups in total. The molecule has 0 saturated heterocycles. The molecule has 3 heteroatoms. The summed E-state index contributed by atoms with van der Waals surface area (Å²) < 4.78 is 0. The molecule has 132 valence electrons. The lowest BCUT2D eigenvalue weighted by Gasteiger charge is -2.19. The van der Waals surface area contributed by atoms with E-state index < -0.39 is 6.10 Å². The molecule has 0 unspecified atom stereocenters. The van der Waals surface area contributed by atoms with Gasteiger partial charge in [-0.1, -0.05) is 68.7 Å². The number of amides is 1. The molecule has 3 nitrogen and oxygen atoms in total. The highest BCUT2D eigenvalue weighted by Crippen LogP contribution is 2.24. The summed E-state index contributed by atoms with van der Waals surface area (Å²) in [6, 6.07) is 9.60. The van der Waals surface area contributed by atoms with E-state index in [1.54, 1.807) is 0 Å². The molecule has 0 spiro atoms. The molecule has 1 fully saturated rings. The van der Waals surface area contributed by atoms with E-state index in [4.69, 9.17) is 0 Å². The van der Waals surface area contributed by atoms with Crippen LogP contribution in [-0.2, 0) is 4.79 Å². The summed E-state index contributed by atoms with van der Waals surface area (Å²) >= 11 is 0. The molecule has 0 aromatic heterocycles. The van der Waals surface area contributed by atoms with E-state index in [9.17, 15) is 9.90 Å². The number of carbonyl (C=O) groups is 1. The van der Waals surface area contributed by atoms with Gasteiger partial charge >= 0.3 is 0 Å². The summed E-state index contributed by atoms with van der Waals surface area (Å²) in [6.07, 6.45) is 11.9. The Bertz CT molecular complexity index is 506. The SMILES string of the molecule is C[C@H](CNC(=O)CCC=CC1CCCCC1)[C@@H](O)c1ccccc1. The maximum Gasteiger partial charge on any atom is 0.220 e. The Labute approximate surface area is 146 Å². The van der Waals surface area contributed by atoms with Crippen molar-refractivity contribution in [1.29, 1.82) is 0 Å². The van der Waals surface area contributed by atoms with Crippen molar-refractivity contribution in [2.24, 2.45) is 11.8 Å². The summed E-state index contributed by atoms with van der Waals surface area (Å²) in [6.45, 7) is 2.46. The third-order valence-electron chi connectivity index (χ3n) is 4.90. The predicted octanol–water partition coefficient (Wildman–Crippen LogP) is 4.39. The van der Waals surface area contributed by atoms with Crippen LogP contribution in [0.25, 0.3) is 0 Å². The lowest BCUT2D eigenvalue weighted by atomic mass is 9.89. The van der Waals surface area contributed by atoms with E-state index in [2.05, 4.69) is 17.5 Å². The minimum atomic E-state index is -0.544. The summed E-state index contributed by atoms with van der Waals surface area (Å²) in [5.41, 5.74) is 0.898. The number of hydrogen-bond acceptors (Lipinski definition) is 2. The van der Waals surface area contributed by atoms with E-state index in [1.165, 1.54) is 32.1 Å². The Morgan fingerprint density at radius 3 is 2.67 bits per heavy atom. The van der Waals surface area contributed by atoms with Crippen molar-refractivity contribution in [2.75, 3.05) is 6.54 Å². The second kappa shape index (κ2) is 10.3. The molecule has 1 aliphatic rings. The summed E-state index contributed by atoms with van der Waals surface area (Å²) in [7, 11) is 0. The number of rotatable bonds is 8. The molecule has 0 radical (unpaired) electrons. The molecule has 1 aromatic carbocycles. The molecule has 0 aliphatic heterocycles. The van der Waals surface area contributed by atoms with Crippen LogP contribution in [0.1, 0.15) is 63.5 Å². The van der Waals surface area contributed by atoms with Crippen LogP contribution < -0.4 is 5.32 Å². The van der Waals surface area contributed by atoms with Crippen LogP contribution in [-0.4, -0.2) is 17.6 Å². The third kappa shape index (κ3) is 6.48. The molecule has 1 aliphatic carbocycles. The Balaban J connectivity index is 1.62. The smallest absolute Gasteiger partial charge is 0.220 e. The third-order valence-corrected chi connectivity index (χ3v) is 4.90. The molecule has 24 heavy (non-hydrogen) atoms. The highest BCUT2D eigenvalue weighted by molar-refractivity contribution is 5.75.